The first-order valence-corrected chi connectivity index (χ1v) is 9.71. The second-order valence-corrected chi connectivity index (χ2v) is 8.37. The second-order valence-electron chi connectivity index (χ2n) is 7.51. The zero-order chi connectivity index (χ0) is 19.2. The van der Waals surface area contributed by atoms with E-state index in [9.17, 15) is 4.79 Å². The quantitative estimate of drug-likeness (QED) is 0.669. The Hall–Kier alpha value is -1.31. The first-order valence-electron chi connectivity index (χ1n) is 8.91. The zero-order valence-electron chi connectivity index (χ0n) is 16.0. The first kappa shape index (κ1) is 21.0. The average molecular weight is 429 g/mol. The molecule has 1 heterocycles. The fourth-order valence-corrected chi connectivity index (χ4v) is 3.29. The van der Waals surface area contributed by atoms with E-state index in [2.05, 4.69) is 27.4 Å². The summed E-state index contributed by atoms with van der Waals surface area (Å²) in [5.41, 5.74) is 3.56. The highest BCUT2D eigenvalue weighted by molar-refractivity contribution is 9.10. The molecule has 2 rings (SSSR count). The molecule has 1 saturated heterocycles. The summed E-state index contributed by atoms with van der Waals surface area (Å²) in [5.74, 6) is 1.32. The summed E-state index contributed by atoms with van der Waals surface area (Å²) in [7, 11) is 1.66. The van der Waals surface area contributed by atoms with Gasteiger partial charge in [-0.3, -0.25) is 5.43 Å². The lowest BCUT2D eigenvalue weighted by Gasteiger charge is -2.23. The van der Waals surface area contributed by atoms with Crippen LogP contribution in [0.3, 0.4) is 0 Å². The second kappa shape index (κ2) is 9.58. The molecule has 1 aromatic carbocycles. The molecule has 146 valence electrons. The molecule has 1 aliphatic rings. The number of amides is 1. The number of hydrazine groups is 1. The van der Waals surface area contributed by atoms with Gasteiger partial charge in [-0.15, -0.1) is 0 Å². The van der Waals surface area contributed by atoms with Gasteiger partial charge in [0, 0.05) is 24.7 Å². The third-order valence-electron chi connectivity index (χ3n) is 4.02. The van der Waals surface area contributed by atoms with E-state index in [0.29, 0.717) is 19.1 Å². The molecule has 1 fully saturated rings. The van der Waals surface area contributed by atoms with Gasteiger partial charge in [0.05, 0.1) is 6.61 Å². The monoisotopic (exact) mass is 428 g/mol. The SMILES string of the molecule is COCCOc1ccc(Br)c(CC2CCN(NC(=O)OC(C)(C)C)C2)c1. The highest BCUT2D eigenvalue weighted by atomic mass is 79.9. The molecule has 6 nitrogen and oxygen atoms in total. The number of carbonyl (C=O) groups excluding carboxylic acids is 1. The van der Waals surface area contributed by atoms with E-state index >= 15 is 0 Å². The van der Waals surface area contributed by atoms with Crippen molar-refractivity contribution in [1.82, 2.24) is 10.4 Å². The minimum absolute atomic E-state index is 0.395. The number of ether oxygens (including phenoxy) is 3. The van der Waals surface area contributed by atoms with Crippen LogP contribution in [-0.4, -0.2) is 50.1 Å². The summed E-state index contributed by atoms with van der Waals surface area (Å²) < 4.78 is 17.1. The normalized spacial score (nSPS) is 18.0. The van der Waals surface area contributed by atoms with Gasteiger partial charge >= 0.3 is 6.09 Å². The molecule has 0 radical (unpaired) electrons. The lowest BCUT2D eigenvalue weighted by Crippen LogP contribution is -2.43. The Labute approximate surface area is 164 Å². The number of nitrogens with zero attached hydrogens (tertiary/aromatic N) is 1. The van der Waals surface area contributed by atoms with E-state index in [-0.39, 0.29) is 0 Å². The molecule has 1 aromatic rings. The van der Waals surface area contributed by atoms with Crippen LogP contribution in [0.1, 0.15) is 32.8 Å². The number of carbonyl (C=O) groups is 1. The van der Waals surface area contributed by atoms with Gasteiger partial charge in [-0.1, -0.05) is 15.9 Å². The predicted molar refractivity (Wildman–Crippen MR) is 104 cm³/mol. The minimum atomic E-state index is -0.489. The van der Waals surface area contributed by atoms with Crippen molar-refractivity contribution in [3.8, 4) is 5.75 Å². The molecule has 1 atom stereocenters. The predicted octanol–water partition coefficient (Wildman–Crippen LogP) is 3.78. The van der Waals surface area contributed by atoms with E-state index in [1.807, 2.05) is 37.9 Å². The van der Waals surface area contributed by atoms with Crippen LogP contribution in [0.25, 0.3) is 0 Å². The van der Waals surface area contributed by atoms with Gasteiger partial charge in [-0.2, -0.15) is 0 Å². The molecule has 0 bridgehead atoms. The smallest absolute Gasteiger partial charge is 0.422 e. The maximum atomic E-state index is 11.9. The molecule has 26 heavy (non-hydrogen) atoms. The van der Waals surface area contributed by atoms with Crippen molar-refractivity contribution in [3.05, 3.63) is 28.2 Å². The van der Waals surface area contributed by atoms with Gasteiger partial charge in [0.2, 0.25) is 0 Å². The van der Waals surface area contributed by atoms with Crippen molar-refractivity contribution in [2.75, 3.05) is 33.4 Å². The summed E-state index contributed by atoms with van der Waals surface area (Å²) in [5, 5.41) is 1.94. The van der Waals surface area contributed by atoms with Gasteiger partial charge in [0.1, 0.15) is 18.0 Å². The highest BCUT2D eigenvalue weighted by Crippen LogP contribution is 2.28. The van der Waals surface area contributed by atoms with Crippen LogP contribution in [0, 0.1) is 5.92 Å². The number of methoxy groups -OCH3 is 1. The Morgan fingerprint density at radius 3 is 2.81 bits per heavy atom. The molecule has 1 unspecified atom stereocenters. The Kier molecular flexibility index (Phi) is 7.73. The lowest BCUT2D eigenvalue weighted by atomic mass is 9.98. The van der Waals surface area contributed by atoms with Crippen molar-refractivity contribution in [1.29, 1.82) is 0 Å². The van der Waals surface area contributed by atoms with Crippen LogP contribution in [0.15, 0.2) is 22.7 Å². The Morgan fingerprint density at radius 1 is 1.35 bits per heavy atom. The third-order valence-corrected chi connectivity index (χ3v) is 4.79. The minimum Gasteiger partial charge on any atom is -0.491 e. The molecule has 0 aromatic heterocycles. The molecule has 0 aliphatic carbocycles. The molecule has 7 heteroatoms. The molecule has 1 amide bonds. The number of benzene rings is 1. The summed E-state index contributed by atoms with van der Waals surface area (Å²) in [4.78, 5) is 11.9. The molecule has 0 saturated carbocycles. The van der Waals surface area contributed by atoms with Crippen molar-refractivity contribution in [3.63, 3.8) is 0 Å². The Morgan fingerprint density at radius 2 is 2.12 bits per heavy atom. The Balaban J connectivity index is 1.86. The third kappa shape index (κ3) is 7.13. The van der Waals surface area contributed by atoms with Crippen molar-refractivity contribution >= 4 is 22.0 Å². The molecule has 0 spiro atoms. The van der Waals surface area contributed by atoms with E-state index in [1.54, 1.807) is 7.11 Å². The average Bonchev–Trinajstić information content (AvgIpc) is 2.95. The number of halogens is 1. The fraction of sp³-hybridized carbons (Fsp3) is 0.632. The van der Waals surface area contributed by atoms with Crippen molar-refractivity contribution < 1.29 is 19.0 Å². The largest absolute Gasteiger partial charge is 0.491 e. The molecule has 1 N–H and O–H groups in total. The van der Waals surface area contributed by atoms with Gasteiger partial charge in [0.15, 0.2) is 0 Å². The number of rotatable bonds is 7. The van der Waals surface area contributed by atoms with Gasteiger partial charge < -0.3 is 14.2 Å². The summed E-state index contributed by atoms with van der Waals surface area (Å²) >= 11 is 3.62. The van der Waals surface area contributed by atoms with Crippen LogP contribution in [-0.2, 0) is 15.9 Å². The molecular weight excluding hydrogens is 400 g/mol. The first-order chi connectivity index (χ1) is 12.3. The summed E-state index contributed by atoms with van der Waals surface area (Å²) in [6.07, 6.45) is 1.55. The van der Waals surface area contributed by atoms with E-state index in [4.69, 9.17) is 14.2 Å². The fourth-order valence-electron chi connectivity index (χ4n) is 2.88. The molecule has 1 aliphatic heterocycles. The standard InChI is InChI=1S/C19H29BrN2O4/c1-19(2,3)26-18(23)21-22-8-7-14(13-22)11-15-12-16(5-6-17(15)20)25-10-9-24-4/h5-6,12,14H,7-11,13H2,1-4H3,(H,21,23). The lowest BCUT2D eigenvalue weighted by molar-refractivity contribution is 0.0360. The van der Waals surface area contributed by atoms with Crippen LogP contribution in [0.2, 0.25) is 0 Å². The molecular formula is C19H29BrN2O4. The van der Waals surface area contributed by atoms with Crippen LogP contribution < -0.4 is 10.2 Å². The van der Waals surface area contributed by atoms with E-state index in [0.717, 1.165) is 36.2 Å². The number of nitrogens with one attached hydrogen (secondary N) is 1. The van der Waals surface area contributed by atoms with Crippen molar-refractivity contribution in [2.45, 2.75) is 39.2 Å². The Bertz CT molecular complexity index is 604. The van der Waals surface area contributed by atoms with Crippen LogP contribution in [0.5, 0.6) is 5.75 Å². The zero-order valence-corrected chi connectivity index (χ0v) is 17.6. The van der Waals surface area contributed by atoms with Gasteiger partial charge in [-0.25, -0.2) is 9.80 Å². The summed E-state index contributed by atoms with van der Waals surface area (Å²) in [6, 6.07) is 6.04. The summed E-state index contributed by atoms with van der Waals surface area (Å²) in [6.45, 7) is 8.32. The van der Waals surface area contributed by atoms with Gasteiger partial charge in [-0.05, 0) is 63.3 Å². The van der Waals surface area contributed by atoms with E-state index in [1.165, 1.54) is 5.56 Å². The topological polar surface area (TPSA) is 60.0 Å². The van der Waals surface area contributed by atoms with Crippen LogP contribution in [0.4, 0.5) is 4.79 Å². The van der Waals surface area contributed by atoms with E-state index < -0.39 is 11.7 Å². The van der Waals surface area contributed by atoms with Crippen LogP contribution >= 0.6 is 15.9 Å². The highest BCUT2D eigenvalue weighted by Gasteiger charge is 2.26. The maximum Gasteiger partial charge on any atom is 0.422 e. The maximum absolute atomic E-state index is 11.9. The van der Waals surface area contributed by atoms with Crippen molar-refractivity contribution in [2.24, 2.45) is 5.92 Å². The van der Waals surface area contributed by atoms with Gasteiger partial charge in [0.25, 0.3) is 0 Å². The number of hydrogen-bond donors (Lipinski definition) is 1. The number of hydrogen-bond acceptors (Lipinski definition) is 5.